The summed E-state index contributed by atoms with van der Waals surface area (Å²) in [4.78, 5) is 25.7. The van der Waals surface area contributed by atoms with E-state index in [0.29, 0.717) is 5.56 Å². The third kappa shape index (κ3) is 3.47. The molecule has 1 atom stereocenters. The van der Waals surface area contributed by atoms with Gasteiger partial charge in [-0.05, 0) is 24.3 Å². The van der Waals surface area contributed by atoms with Crippen molar-refractivity contribution < 1.29 is 23.1 Å². The molecule has 3 rings (SSSR count). The number of sulfonamides is 1. The Kier molecular flexibility index (Phi) is 5.06. The van der Waals surface area contributed by atoms with E-state index >= 15 is 0 Å². The second-order valence-corrected chi connectivity index (χ2v) is 7.83. The molecule has 7 nitrogen and oxygen atoms in total. The van der Waals surface area contributed by atoms with E-state index in [-0.39, 0.29) is 24.5 Å². The number of carboxylic acid groups (broad SMARTS) is 1. The first-order chi connectivity index (χ1) is 12.4. The Morgan fingerprint density at radius 2 is 1.50 bits per heavy atom. The summed E-state index contributed by atoms with van der Waals surface area (Å²) in [5, 5.41) is 9.54. The number of aliphatic carboxylic acids is 1. The van der Waals surface area contributed by atoms with Crippen LogP contribution < -0.4 is 0 Å². The van der Waals surface area contributed by atoms with Gasteiger partial charge >= 0.3 is 5.97 Å². The van der Waals surface area contributed by atoms with Crippen LogP contribution in [0.25, 0.3) is 0 Å². The summed E-state index contributed by atoms with van der Waals surface area (Å²) < 4.78 is 26.6. The fourth-order valence-electron chi connectivity index (χ4n) is 2.92. The lowest BCUT2D eigenvalue weighted by atomic mass is 10.1. The summed E-state index contributed by atoms with van der Waals surface area (Å²) in [6, 6.07) is 15.0. The lowest BCUT2D eigenvalue weighted by Gasteiger charge is -2.38. The summed E-state index contributed by atoms with van der Waals surface area (Å²) in [6.45, 7) is -0.235. The van der Waals surface area contributed by atoms with Crippen LogP contribution in [0.15, 0.2) is 65.6 Å². The number of carboxylic acids is 1. The summed E-state index contributed by atoms with van der Waals surface area (Å²) in [5.41, 5.74) is 0.373. The summed E-state index contributed by atoms with van der Waals surface area (Å²) >= 11 is 0. The molecule has 1 aliphatic rings. The van der Waals surface area contributed by atoms with Crippen molar-refractivity contribution >= 4 is 21.9 Å². The molecule has 8 heteroatoms. The number of rotatable bonds is 4. The maximum absolute atomic E-state index is 12.7. The third-order valence-corrected chi connectivity index (χ3v) is 6.17. The minimum atomic E-state index is -3.81. The summed E-state index contributed by atoms with van der Waals surface area (Å²) in [7, 11) is -3.81. The van der Waals surface area contributed by atoms with E-state index in [1.807, 2.05) is 0 Å². The zero-order valence-electron chi connectivity index (χ0n) is 13.9. The van der Waals surface area contributed by atoms with Gasteiger partial charge in [-0.2, -0.15) is 4.31 Å². The van der Waals surface area contributed by atoms with Crippen molar-refractivity contribution in [2.45, 2.75) is 10.9 Å². The van der Waals surface area contributed by atoms with Crippen molar-refractivity contribution in [2.75, 3.05) is 19.6 Å². The fourth-order valence-corrected chi connectivity index (χ4v) is 4.38. The number of nitrogens with zero attached hydrogens (tertiary/aromatic N) is 2. The summed E-state index contributed by atoms with van der Waals surface area (Å²) in [5.74, 6) is -1.66. The zero-order chi connectivity index (χ0) is 18.7. The highest BCUT2D eigenvalue weighted by Gasteiger charge is 2.40. The van der Waals surface area contributed by atoms with Crippen molar-refractivity contribution in [1.29, 1.82) is 0 Å². The fraction of sp³-hybridized carbons (Fsp3) is 0.222. The van der Waals surface area contributed by atoms with Gasteiger partial charge in [0.25, 0.3) is 5.91 Å². The number of benzene rings is 2. The normalized spacial score (nSPS) is 18.5. The molecule has 1 aliphatic heterocycles. The largest absolute Gasteiger partial charge is 0.480 e. The summed E-state index contributed by atoms with van der Waals surface area (Å²) in [6.07, 6.45) is 0. The Morgan fingerprint density at radius 3 is 2.08 bits per heavy atom. The molecule has 26 heavy (non-hydrogen) atoms. The van der Waals surface area contributed by atoms with Crippen molar-refractivity contribution in [3.63, 3.8) is 0 Å². The van der Waals surface area contributed by atoms with Gasteiger partial charge in [-0.25, -0.2) is 13.2 Å². The molecule has 0 radical (unpaired) electrons. The van der Waals surface area contributed by atoms with Crippen molar-refractivity contribution in [1.82, 2.24) is 9.21 Å². The Morgan fingerprint density at radius 1 is 0.923 bits per heavy atom. The Bertz CT molecular complexity index is 900. The van der Waals surface area contributed by atoms with E-state index < -0.39 is 27.9 Å². The van der Waals surface area contributed by atoms with E-state index in [4.69, 9.17) is 0 Å². The van der Waals surface area contributed by atoms with Gasteiger partial charge in [-0.15, -0.1) is 0 Å². The maximum atomic E-state index is 12.7. The number of hydrogen-bond acceptors (Lipinski definition) is 4. The minimum absolute atomic E-state index is 0.0107. The topological polar surface area (TPSA) is 95.0 Å². The highest BCUT2D eigenvalue weighted by Crippen LogP contribution is 2.21. The van der Waals surface area contributed by atoms with E-state index in [1.54, 1.807) is 48.5 Å². The van der Waals surface area contributed by atoms with Gasteiger partial charge in [0.05, 0.1) is 4.90 Å². The second kappa shape index (κ2) is 7.27. The quantitative estimate of drug-likeness (QED) is 0.870. The molecule has 0 aliphatic carbocycles. The highest BCUT2D eigenvalue weighted by molar-refractivity contribution is 7.89. The predicted molar refractivity (Wildman–Crippen MR) is 94.1 cm³/mol. The molecule has 1 amide bonds. The predicted octanol–water partition coefficient (Wildman–Crippen LogP) is 1.29. The van der Waals surface area contributed by atoms with Crippen LogP contribution in [0.4, 0.5) is 0 Å². The van der Waals surface area contributed by atoms with Crippen LogP contribution >= 0.6 is 0 Å². The molecule has 1 saturated heterocycles. The Balaban J connectivity index is 1.85. The van der Waals surface area contributed by atoms with E-state index in [2.05, 4.69) is 0 Å². The monoisotopic (exact) mass is 374 g/mol. The molecule has 0 bridgehead atoms. The standard InChI is InChI=1S/C18H18N2O5S/c21-17(14-7-3-1-4-8-14)20-12-11-19(13-16(20)18(22)23)26(24,25)15-9-5-2-6-10-15/h1-10,16H,11-13H2,(H,22,23). The molecule has 2 aromatic rings. The van der Waals surface area contributed by atoms with Crippen LogP contribution in [-0.4, -0.2) is 60.3 Å². The van der Waals surface area contributed by atoms with Gasteiger partial charge in [0, 0.05) is 25.2 Å². The van der Waals surface area contributed by atoms with Crippen LogP contribution in [0.5, 0.6) is 0 Å². The molecule has 0 spiro atoms. The van der Waals surface area contributed by atoms with Crippen LogP contribution in [-0.2, 0) is 14.8 Å². The van der Waals surface area contributed by atoms with Crippen molar-refractivity contribution in [2.24, 2.45) is 0 Å². The number of hydrogen-bond donors (Lipinski definition) is 1. The molecule has 1 heterocycles. The van der Waals surface area contributed by atoms with Crippen molar-refractivity contribution in [3.05, 3.63) is 66.2 Å². The first-order valence-corrected chi connectivity index (χ1v) is 9.49. The lowest BCUT2D eigenvalue weighted by molar-refractivity contribution is -0.143. The maximum Gasteiger partial charge on any atom is 0.327 e. The third-order valence-electron chi connectivity index (χ3n) is 4.29. The molecular weight excluding hydrogens is 356 g/mol. The molecule has 136 valence electrons. The average Bonchev–Trinajstić information content (AvgIpc) is 2.68. The molecule has 1 unspecified atom stereocenters. The zero-order valence-corrected chi connectivity index (χ0v) is 14.7. The first-order valence-electron chi connectivity index (χ1n) is 8.05. The Hall–Kier alpha value is -2.71. The highest BCUT2D eigenvalue weighted by atomic mass is 32.2. The van der Waals surface area contributed by atoms with Gasteiger partial charge in [0.2, 0.25) is 10.0 Å². The molecule has 0 aromatic heterocycles. The lowest BCUT2D eigenvalue weighted by Crippen LogP contribution is -2.59. The molecular formula is C18H18N2O5S. The SMILES string of the molecule is O=C(O)C1CN(S(=O)(=O)c2ccccc2)CCN1C(=O)c1ccccc1. The van der Waals surface area contributed by atoms with E-state index in [1.165, 1.54) is 17.0 Å². The van der Waals surface area contributed by atoms with Gasteiger partial charge in [-0.3, -0.25) is 4.79 Å². The molecule has 2 aromatic carbocycles. The average molecular weight is 374 g/mol. The first kappa shape index (κ1) is 18.1. The molecule has 0 saturated carbocycles. The second-order valence-electron chi connectivity index (χ2n) is 5.89. The van der Waals surface area contributed by atoms with Crippen LogP contribution in [0, 0.1) is 0 Å². The van der Waals surface area contributed by atoms with Crippen LogP contribution in [0.1, 0.15) is 10.4 Å². The van der Waals surface area contributed by atoms with E-state index in [9.17, 15) is 23.1 Å². The van der Waals surface area contributed by atoms with Gasteiger partial charge < -0.3 is 10.0 Å². The number of carbonyl (C=O) groups is 2. The number of carbonyl (C=O) groups excluding carboxylic acids is 1. The minimum Gasteiger partial charge on any atom is -0.480 e. The molecule has 1 fully saturated rings. The van der Waals surface area contributed by atoms with Gasteiger partial charge in [0.1, 0.15) is 6.04 Å². The number of piperazine rings is 1. The van der Waals surface area contributed by atoms with Crippen molar-refractivity contribution in [3.8, 4) is 0 Å². The van der Waals surface area contributed by atoms with Crippen LogP contribution in [0.3, 0.4) is 0 Å². The van der Waals surface area contributed by atoms with Gasteiger partial charge in [0.15, 0.2) is 0 Å². The van der Waals surface area contributed by atoms with Gasteiger partial charge in [-0.1, -0.05) is 36.4 Å². The van der Waals surface area contributed by atoms with Crippen LogP contribution in [0.2, 0.25) is 0 Å². The Labute approximate surface area is 151 Å². The number of amides is 1. The van der Waals surface area contributed by atoms with E-state index in [0.717, 1.165) is 4.31 Å². The smallest absolute Gasteiger partial charge is 0.327 e. The molecule has 1 N–H and O–H groups in total.